The van der Waals surface area contributed by atoms with Crippen molar-refractivity contribution in [3.63, 3.8) is 0 Å². The molecule has 618 valence electrons. The molecule has 5 aliphatic heterocycles. The predicted molar refractivity (Wildman–Crippen MR) is 405 cm³/mol. The first-order chi connectivity index (χ1) is 50.0. The van der Waals surface area contributed by atoms with Crippen molar-refractivity contribution in [2.45, 2.75) is 369 Å². The summed E-state index contributed by atoms with van der Waals surface area (Å²) in [6.45, 7) is 42.0. The molecule has 0 bridgehead atoms. The summed E-state index contributed by atoms with van der Waals surface area (Å²) in [6.07, 6.45) is 16.8. The van der Waals surface area contributed by atoms with E-state index in [4.69, 9.17) is 85.3 Å². The third-order valence-electron chi connectivity index (χ3n) is 16.7. The average molecular weight is 1570 g/mol. The number of hydrogen-bond donors (Lipinski definition) is 5. The number of aliphatic hydroxyl groups excluding tert-OH is 3. The molecular weight excluding hydrogens is 1440 g/mol. The predicted octanol–water partition coefficient (Wildman–Crippen LogP) is 13.0. The van der Waals surface area contributed by atoms with Gasteiger partial charge in [-0.25, -0.2) is 24.0 Å². The molecule has 20 atom stereocenters. The van der Waals surface area contributed by atoms with Crippen molar-refractivity contribution < 1.29 is 125 Å². The normalized spacial score (nSPS) is 34.3. The van der Waals surface area contributed by atoms with Gasteiger partial charge in [-0.15, -0.1) is 0 Å². The SMILES string of the molecule is CC(C)(C)NC(=O)OC1/C=C/C(O)CC2OCOC2C1.CC(C)(C)NC(=O)OC1/C=C/C(OC(C)(C)C)CC2OCOC2C1.CC(C)(C)OC(=O)OC1/C=C/C(O)CC2OCOC2C1.CC(C)(C)OC1/C=C/C(OC(=O)SC(C)(C)C)CC2OCOC2C1.CC(C)(C)SC(=O)OC1/C=C/C(O)CC2OCOC2C1. The fourth-order valence-electron chi connectivity index (χ4n) is 12.4. The van der Waals surface area contributed by atoms with Crippen LogP contribution < -0.4 is 10.6 Å². The number of alkyl carbamates (subject to hydrolysis) is 2. The molecule has 10 rings (SSSR count). The number of carbonyl (C=O) groups excluding carboxylic acids is 5. The van der Waals surface area contributed by atoms with Gasteiger partial charge in [0.2, 0.25) is 0 Å². The maximum Gasteiger partial charge on any atom is 0.509 e. The van der Waals surface area contributed by atoms with Crippen LogP contribution >= 0.6 is 23.5 Å². The molecule has 20 unspecified atom stereocenters. The molecule has 0 saturated carbocycles. The van der Waals surface area contributed by atoms with Crippen molar-refractivity contribution in [3.05, 3.63) is 60.8 Å². The molecular formula is C78H128N2O26S2. The number of rotatable bonds is 7. The van der Waals surface area contributed by atoms with Crippen molar-refractivity contribution in [1.29, 1.82) is 0 Å². The Morgan fingerprint density at radius 3 is 0.769 bits per heavy atom. The van der Waals surface area contributed by atoms with E-state index < -0.39 is 54.5 Å². The number of nitrogens with one attached hydrogen (secondary N) is 2. The zero-order valence-electron chi connectivity index (χ0n) is 67.5. The molecule has 2 amide bonds. The quantitative estimate of drug-likeness (QED) is 0.0898. The van der Waals surface area contributed by atoms with E-state index in [1.54, 1.807) is 57.2 Å². The van der Waals surface area contributed by atoms with Crippen LogP contribution in [0.25, 0.3) is 0 Å². The summed E-state index contributed by atoms with van der Waals surface area (Å²) >= 11 is 2.36. The molecule has 5 aliphatic carbocycles. The molecule has 10 aliphatic rings. The summed E-state index contributed by atoms with van der Waals surface area (Å²) in [7, 11) is 0. The second-order valence-electron chi connectivity index (χ2n) is 35.2. The van der Waals surface area contributed by atoms with E-state index in [2.05, 4.69) is 10.6 Å². The topological polar surface area (TPSA) is 336 Å². The van der Waals surface area contributed by atoms with Crippen LogP contribution in [0.2, 0.25) is 0 Å². The largest absolute Gasteiger partial charge is 0.509 e. The van der Waals surface area contributed by atoms with Gasteiger partial charge in [0.05, 0.1) is 103 Å². The molecule has 0 spiro atoms. The lowest BCUT2D eigenvalue weighted by Gasteiger charge is -2.31. The van der Waals surface area contributed by atoms with Crippen LogP contribution in [0, 0.1) is 0 Å². The number of carbonyl (C=O) groups is 5. The Kier molecular flexibility index (Phi) is 35.6. The van der Waals surface area contributed by atoms with Gasteiger partial charge in [-0.2, -0.15) is 0 Å². The molecule has 0 radical (unpaired) electrons. The monoisotopic (exact) mass is 1570 g/mol. The number of ether oxygens (including phenoxy) is 18. The molecule has 5 N–H and O–H groups in total. The van der Waals surface area contributed by atoms with Gasteiger partial charge in [-0.05, 0) is 158 Å². The highest BCUT2D eigenvalue weighted by Gasteiger charge is 2.42. The Hall–Kier alpha value is -4.45. The molecule has 5 fully saturated rings. The number of amides is 2. The fraction of sp³-hybridized carbons (Fsp3) is 0.808. The Morgan fingerprint density at radius 1 is 0.306 bits per heavy atom. The van der Waals surface area contributed by atoms with E-state index in [0.29, 0.717) is 51.4 Å². The average Bonchev–Trinajstić information content (AvgIpc) is 1.69. The van der Waals surface area contributed by atoms with Crippen molar-refractivity contribution in [2.75, 3.05) is 34.0 Å². The fourth-order valence-corrected chi connectivity index (χ4v) is 13.7. The van der Waals surface area contributed by atoms with Gasteiger partial charge in [-0.3, -0.25) is 0 Å². The Morgan fingerprint density at radius 2 is 0.528 bits per heavy atom. The van der Waals surface area contributed by atoms with Crippen LogP contribution in [-0.4, -0.2) is 238 Å². The van der Waals surface area contributed by atoms with Gasteiger partial charge in [0, 0.05) is 84.8 Å². The summed E-state index contributed by atoms with van der Waals surface area (Å²) in [4.78, 5) is 59.5. The number of aliphatic hydroxyl groups is 3. The molecule has 0 aromatic heterocycles. The first-order valence-corrected chi connectivity index (χ1v) is 39.3. The smallest absolute Gasteiger partial charge is 0.450 e. The van der Waals surface area contributed by atoms with Crippen LogP contribution in [0.5, 0.6) is 0 Å². The van der Waals surface area contributed by atoms with Crippen LogP contribution in [-0.2, 0) is 85.3 Å². The van der Waals surface area contributed by atoms with Gasteiger partial charge in [0.15, 0.2) is 0 Å². The van der Waals surface area contributed by atoms with Crippen molar-refractivity contribution in [2.24, 2.45) is 0 Å². The minimum absolute atomic E-state index is 0.0289. The molecule has 5 saturated heterocycles. The highest BCUT2D eigenvalue weighted by atomic mass is 32.2. The first-order valence-electron chi connectivity index (χ1n) is 37.7. The van der Waals surface area contributed by atoms with Crippen molar-refractivity contribution in [1.82, 2.24) is 10.6 Å². The Bertz CT molecular complexity index is 2700. The third-order valence-corrected chi connectivity index (χ3v) is 18.4. The molecule has 108 heavy (non-hydrogen) atoms. The van der Waals surface area contributed by atoms with Crippen LogP contribution in [0.1, 0.15) is 210 Å². The molecule has 30 heteroatoms. The van der Waals surface area contributed by atoms with Crippen LogP contribution in [0.15, 0.2) is 60.8 Å². The lowest BCUT2D eigenvalue weighted by Crippen LogP contribution is -2.43. The summed E-state index contributed by atoms with van der Waals surface area (Å²) < 4.78 is 99.6. The van der Waals surface area contributed by atoms with Crippen LogP contribution in [0.4, 0.5) is 24.0 Å². The highest BCUT2D eigenvalue weighted by Crippen LogP contribution is 2.35. The summed E-state index contributed by atoms with van der Waals surface area (Å²) in [5.41, 5.74) is -1.80. The Labute approximate surface area is 648 Å². The van der Waals surface area contributed by atoms with E-state index in [0.717, 1.165) is 24.6 Å². The molecule has 28 nitrogen and oxygen atoms in total. The third kappa shape index (κ3) is 37.5. The maximum atomic E-state index is 12.1. The van der Waals surface area contributed by atoms with Crippen molar-refractivity contribution in [3.8, 4) is 0 Å². The summed E-state index contributed by atoms with van der Waals surface area (Å²) in [5.74, 6) is 0. The second-order valence-corrected chi connectivity index (χ2v) is 38.7. The van der Waals surface area contributed by atoms with Gasteiger partial charge in [0.25, 0.3) is 0 Å². The van der Waals surface area contributed by atoms with Gasteiger partial charge in [-0.1, -0.05) is 71.9 Å². The zero-order valence-corrected chi connectivity index (χ0v) is 69.1. The second kappa shape index (κ2) is 41.5. The molecule has 0 aromatic rings. The maximum absolute atomic E-state index is 12.1. The minimum atomic E-state index is -0.724. The lowest BCUT2D eigenvalue weighted by atomic mass is 9.96. The zero-order chi connectivity index (χ0) is 80.2. The number of fused-ring (bicyclic) bond motifs is 5. The van der Waals surface area contributed by atoms with E-state index in [-0.39, 0.29) is 168 Å². The number of hydrogen-bond acceptors (Lipinski definition) is 28. The minimum Gasteiger partial charge on any atom is -0.450 e. The first kappa shape index (κ1) is 92.4. The van der Waals surface area contributed by atoms with E-state index in [1.165, 1.54) is 11.8 Å². The van der Waals surface area contributed by atoms with E-state index >= 15 is 0 Å². The summed E-state index contributed by atoms with van der Waals surface area (Å²) in [5, 5.41) is 34.4. The van der Waals surface area contributed by atoms with Crippen molar-refractivity contribution >= 4 is 52.5 Å². The molecule has 5 heterocycles. The Balaban J connectivity index is 0.000000212. The van der Waals surface area contributed by atoms with Gasteiger partial charge >= 0.3 is 28.9 Å². The van der Waals surface area contributed by atoms with Gasteiger partial charge in [0.1, 0.15) is 70.1 Å². The standard InChI is InChI=1S/C18H31NO5.C18H30O5S.C14H23NO5.C14H22O6.C14H22O5S/c1-17(2,3)19-16(20)23-12-7-8-13(24-18(4,5)6)10-15-14(9-12)21-11-22-15;1-17(2,3)23-13-8-7-12(22-16(19)24-18(4,5)6)9-14-15(10-13)21-11-20-14;1-14(2,3)15-13(17)20-10-5-4-9(16)6-11-12(7-10)19-8-18-11;2*1-14(2,3)20-13(16)19-10-5-4-9(15)6-11-12(7-10)18-8-17-11/h7-8,12-15H,9-11H2,1-6H3,(H,19,20);7-8,12-15H,9-11H2,1-6H3;4-5,9-12,16H,6-8H2,1-3H3,(H,15,17);2*4-5,9-12,15H,6-8H2,1-3H3/b2*8-7+;3*5-4+. The summed E-state index contributed by atoms with van der Waals surface area (Å²) in [6, 6.07) is 0. The van der Waals surface area contributed by atoms with E-state index in [1.807, 2.05) is 149 Å². The van der Waals surface area contributed by atoms with Gasteiger partial charge < -0.3 is 111 Å². The molecule has 0 aromatic carbocycles. The van der Waals surface area contributed by atoms with E-state index in [9.17, 15) is 39.3 Å². The van der Waals surface area contributed by atoms with Crippen LogP contribution in [0.3, 0.4) is 0 Å². The lowest BCUT2D eigenvalue weighted by molar-refractivity contribution is -0.0618. The highest BCUT2D eigenvalue weighted by molar-refractivity contribution is 8.14. The number of thioether (sulfide) groups is 2.